The first-order valence-electron chi connectivity index (χ1n) is 8.70. The quantitative estimate of drug-likeness (QED) is 0.585. The standard InChI is InChI=1S/C20H28O5/c1-4-5-12-20(3)17(11-13-19(2,25-20)16(22)14-21)24-18(23)15-9-7-6-8-10-15/h4,6-10,16-17,21-22H,1,5,11-14H2,2-3H3/t16-,17+,19+,20-/m1/s1. The van der Waals surface area contributed by atoms with Crippen LogP contribution in [-0.4, -0.2) is 46.2 Å². The lowest BCUT2D eigenvalue weighted by atomic mass is 9.80. The maximum Gasteiger partial charge on any atom is 0.338 e. The number of hydrogen-bond donors (Lipinski definition) is 2. The van der Waals surface area contributed by atoms with Crippen molar-refractivity contribution in [2.45, 2.75) is 62.9 Å². The van der Waals surface area contributed by atoms with Crippen molar-refractivity contribution in [2.24, 2.45) is 0 Å². The van der Waals surface area contributed by atoms with Gasteiger partial charge >= 0.3 is 5.97 Å². The monoisotopic (exact) mass is 348 g/mol. The lowest BCUT2D eigenvalue weighted by Crippen LogP contribution is -2.59. The first kappa shape index (κ1) is 19.6. The van der Waals surface area contributed by atoms with E-state index in [0.717, 1.165) is 0 Å². The number of aliphatic hydroxyl groups is 2. The van der Waals surface area contributed by atoms with Crippen molar-refractivity contribution in [1.29, 1.82) is 0 Å². The van der Waals surface area contributed by atoms with E-state index in [9.17, 15) is 15.0 Å². The third-order valence-electron chi connectivity index (χ3n) is 5.03. The summed E-state index contributed by atoms with van der Waals surface area (Å²) in [5, 5.41) is 19.5. The van der Waals surface area contributed by atoms with Crippen molar-refractivity contribution < 1.29 is 24.5 Å². The molecule has 1 aliphatic heterocycles. The van der Waals surface area contributed by atoms with Gasteiger partial charge in [-0.2, -0.15) is 0 Å². The number of rotatable bonds is 7. The number of hydrogen-bond acceptors (Lipinski definition) is 5. The van der Waals surface area contributed by atoms with Crippen LogP contribution in [0.5, 0.6) is 0 Å². The lowest BCUT2D eigenvalue weighted by molar-refractivity contribution is -0.256. The van der Waals surface area contributed by atoms with Gasteiger partial charge in [-0.05, 0) is 51.7 Å². The summed E-state index contributed by atoms with van der Waals surface area (Å²) in [4.78, 5) is 12.4. The van der Waals surface area contributed by atoms with E-state index in [1.165, 1.54) is 0 Å². The van der Waals surface area contributed by atoms with Crippen LogP contribution in [0.15, 0.2) is 43.0 Å². The summed E-state index contributed by atoms with van der Waals surface area (Å²) in [6.45, 7) is 7.05. The Morgan fingerprint density at radius 1 is 1.44 bits per heavy atom. The zero-order valence-corrected chi connectivity index (χ0v) is 15.0. The van der Waals surface area contributed by atoms with Gasteiger partial charge in [-0.3, -0.25) is 0 Å². The summed E-state index contributed by atoms with van der Waals surface area (Å²) in [6.07, 6.45) is 2.72. The number of aliphatic hydroxyl groups excluding tert-OH is 2. The topological polar surface area (TPSA) is 76.0 Å². The smallest absolute Gasteiger partial charge is 0.338 e. The van der Waals surface area contributed by atoms with E-state index in [4.69, 9.17) is 9.47 Å². The number of carbonyl (C=O) groups excluding carboxylic acids is 1. The van der Waals surface area contributed by atoms with Crippen LogP contribution in [-0.2, 0) is 9.47 Å². The summed E-state index contributed by atoms with van der Waals surface area (Å²) in [5.41, 5.74) is -1.14. The minimum absolute atomic E-state index is 0.373. The van der Waals surface area contributed by atoms with E-state index in [1.807, 2.05) is 13.0 Å². The minimum Gasteiger partial charge on any atom is -0.456 e. The molecule has 0 radical (unpaired) electrons. The van der Waals surface area contributed by atoms with E-state index in [0.29, 0.717) is 31.2 Å². The van der Waals surface area contributed by atoms with E-state index < -0.39 is 23.4 Å². The van der Waals surface area contributed by atoms with Crippen LogP contribution in [0.1, 0.15) is 49.9 Å². The van der Waals surface area contributed by atoms with E-state index >= 15 is 0 Å². The largest absolute Gasteiger partial charge is 0.456 e. The average molecular weight is 348 g/mol. The molecule has 5 nitrogen and oxygen atoms in total. The molecule has 25 heavy (non-hydrogen) atoms. The molecule has 0 spiro atoms. The molecule has 5 heteroatoms. The highest BCUT2D eigenvalue weighted by Crippen LogP contribution is 2.41. The third-order valence-corrected chi connectivity index (χ3v) is 5.03. The average Bonchev–Trinajstić information content (AvgIpc) is 2.62. The maximum atomic E-state index is 12.4. The van der Waals surface area contributed by atoms with Crippen molar-refractivity contribution in [3.05, 3.63) is 48.6 Å². The second-order valence-electron chi connectivity index (χ2n) is 7.05. The number of allylic oxidation sites excluding steroid dienone is 1. The molecule has 0 amide bonds. The van der Waals surface area contributed by atoms with Crippen molar-refractivity contribution >= 4 is 5.97 Å². The molecule has 2 N–H and O–H groups in total. The molecule has 1 saturated heterocycles. The highest BCUT2D eigenvalue weighted by molar-refractivity contribution is 5.89. The molecule has 0 unspecified atom stereocenters. The fourth-order valence-corrected chi connectivity index (χ4v) is 3.36. The van der Waals surface area contributed by atoms with E-state index in [1.54, 1.807) is 37.3 Å². The van der Waals surface area contributed by atoms with Crippen molar-refractivity contribution in [2.75, 3.05) is 6.61 Å². The first-order chi connectivity index (χ1) is 11.8. The molecule has 1 heterocycles. The SMILES string of the molecule is C=CCC[C@@]1(C)O[C@](C)([C@H](O)CO)CC[C@@H]1OC(=O)c1ccccc1. The molecule has 0 saturated carbocycles. The van der Waals surface area contributed by atoms with E-state index in [2.05, 4.69) is 6.58 Å². The van der Waals surface area contributed by atoms with Gasteiger partial charge in [0.15, 0.2) is 0 Å². The minimum atomic E-state index is -0.985. The van der Waals surface area contributed by atoms with Gasteiger partial charge in [0.1, 0.15) is 17.8 Å². The zero-order valence-electron chi connectivity index (χ0n) is 15.0. The van der Waals surface area contributed by atoms with Crippen molar-refractivity contribution in [3.8, 4) is 0 Å². The molecular formula is C20H28O5. The highest BCUT2D eigenvalue weighted by Gasteiger charge is 2.50. The van der Waals surface area contributed by atoms with Gasteiger partial charge in [0.25, 0.3) is 0 Å². The molecule has 0 bridgehead atoms. The number of carbonyl (C=O) groups is 1. The number of esters is 1. The molecule has 1 aromatic carbocycles. The van der Waals surface area contributed by atoms with Crippen LogP contribution in [0.3, 0.4) is 0 Å². The normalized spacial score (nSPS) is 30.5. The number of benzene rings is 1. The molecule has 0 aliphatic carbocycles. The second kappa shape index (κ2) is 8.13. The Kier molecular flexibility index (Phi) is 6.38. The van der Waals surface area contributed by atoms with Crippen molar-refractivity contribution in [3.63, 3.8) is 0 Å². The molecule has 138 valence electrons. The van der Waals surface area contributed by atoms with Gasteiger partial charge in [0, 0.05) is 0 Å². The Labute approximate surface area is 149 Å². The predicted octanol–water partition coefficient (Wildman–Crippen LogP) is 2.86. The highest BCUT2D eigenvalue weighted by atomic mass is 16.6. The first-order valence-corrected chi connectivity index (χ1v) is 8.70. The van der Waals surface area contributed by atoms with Gasteiger partial charge < -0.3 is 19.7 Å². The Balaban J connectivity index is 2.18. The molecule has 1 aliphatic rings. The van der Waals surface area contributed by atoms with Gasteiger partial charge in [0.2, 0.25) is 0 Å². The third kappa shape index (κ3) is 4.48. The van der Waals surface area contributed by atoms with Crippen LogP contribution in [0, 0.1) is 0 Å². The fraction of sp³-hybridized carbons (Fsp3) is 0.550. The van der Waals surface area contributed by atoms with Crippen LogP contribution in [0.4, 0.5) is 0 Å². The summed E-state index contributed by atoms with van der Waals surface area (Å²) in [5.74, 6) is -0.384. The van der Waals surface area contributed by atoms with Crippen molar-refractivity contribution in [1.82, 2.24) is 0 Å². The molecule has 0 aromatic heterocycles. The summed E-state index contributed by atoms with van der Waals surface area (Å²) >= 11 is 0. The van der Waals surface area contributed by atoms with Gasteiger partial charge in [-0.25, -0.2) is 4.79 Å². The predicted molar refractivity (Wildman–Crippen MR) is 95.3 cm³/mol. The van der Waals surface area contributed by atoms with Gasteiger partial charge in [0.05, 0.1) is 17.8 Å². The van der Waals surface area contributed by atoms with Crippen LogP contribution in [0.25, 0.3) is 0 Å². The Hall–Kier alpha value is -1.69. The molecule has 1 fully saturated rings. The second-order valence-corrected chi connectivity index (χ2v) is 7.05. The molecule has 2 rings (SSSR count). The van der Waals surface area contributed by atoms with Crippen LogP contribution < -0.4 is 0 Å². The maximum absolute atomic E-state index is 12.4. The summed E-state index contributed by atoms with van der Waals surface area (Å²) in [7, 11) is 0. The van der Waals surface area contributed by atoms with Gasteiger partial charge in [-0.1, -0.05) is 24.3 Å². The number of ether oxygens (including phenoxy) is 2. The molecule has 1 aromatic rings. The molecular weight excluding hydrogens is 320 g/mol. The van der Waals surface area contributed by atoms with Crippen LogP contribution >= 0.6 is 0 Å². The van der Waals surface area contributed by atoms with E-state index in [-0.39, 0.29) is 12.6 Å². The molecule has 4 atom stereocenters. The Bertz CT molecular complexity index is 587. The Morgan fingerprint density at radius 2 is 2.12 bits per heavy atom. The summed E-state index contributed by atoms with van der Waals surface area (Å²) < 4.78 is 12.0. The summed E-state index contributed by atoms with van der Waals surface area (Å²) in [6, 6.07) is 8.86. The van der Waals surface area contributed by atoms with Crippen LogP contribution in [0.2, 0.25) is 0 Å². The lowest BCUT2D eigenvalue weighted by Gasteiger charge is -2.50. The fourth-order valence-electron chi connectivity index (χ4n) is 3.36. The van der Waals surface area contributed by atoms with Gasteiger partial charge in [-0.15, -0.1) is 6.58 Å². The zero-order chi connectivity index (χ0) is 18.5. The Morgan fingerprint density at radius 3 is 2.72 bits per heavy atom.